The first-order valence-corrected chi connectivity index (χ1v) is 16.7. The van der Waals surface area contributed by atoms with E-state index in [2.05, 4.69) is 106 Å². The Bertz CT molecular complexity index is 1190. The van der Waals surface area contributed by atoms with Crippen LogP contribution in [0, 0.1) is 0 Å². The number of carbonyl (C=O) groups excluding carboxylic acids is 1. The highest BCUT2D eigenvalue weighted by Crippen LogP contribution is 2.41. The molecule has 3 aliphatic rings. The van der Waals surface area contributed by atoms with Gasteiger partial charge < -0.3 is 14.7 Å². The molecule has 2 saturated heterocycles. The van der Waals surface area contributed by atoms with Gasteiger partial charge in [0.1, 0.15) is 5.54 Å². The Morgan fingerprint density at radius 2 is 1.17 bits per heavy atom. The van der Waals surface area contributed by atoms with Gasteiger partial charge >= 0.3 is 0 Å². The number of nitrogens with zero attached hydrogens (tertiary/aromatic N) is 3. The Morgan fingerprint density at radius 3 is 1.71 bits per heavy atom. The minimum absolute atomic E-state index is 0.274. The zero-order valence-corrected chi connectivity index (χ0v) is 25.4. The molecule has 1 saturated carbocycles. The van der Waals surface area contributed by atoms with Crippen LogP contribution in [0.1, 0.15) is 94.1 Å². The summed E-state index contributed by atoms with van der Waals surface area (Å²) in [5.41, 5.74) is 3.40. The fraction of sp³-hybridized carbons (Fsp3) is 0.500. The molecule has 3 fully saturated rings. The molecule has 0 N–H and O–H groups in total. The maximum atomic E-state index is 14.5. The predicted molar refractivity (Wildman–Crippen MR) is 174 cm³/mol. The van der Waals surface area contributed by atoms with Crippen LogP contribution in [-0.2, 0) is 4.79 Å². The van der Waals surface area contributed by atoms with E-state index in [0.29, 0.717) is 18.6 Å². The summed E-state index contributed by atoms with van der Waals surface area (Å²) in [4.78, 5) is 21.9. The van der Waals surface area contributed by atoms with E-state index in [9.17, 15) is 4.79 Å². The second-order valence-electron chi connectivity index (χ2n) is 12.9. The molecule has 0 aromatic heterocycles. The first kappa shape index (κ1) is 29.0. The summed E-state index contributed by atoms with van der Waals surface area (Å²) in [6.45, 7) is 3.52. The van der Waals surface area contributed by atoms with Gasteiger partial charge in [0.2, 0.25) is 5.91 Å². The van der Waals surface area contributed by atoms with Crippen LogP contribution < -0.4 is 4.90 Å². The minimum atomic E-state index is -0.428. The summed E-state index contributed by atoms with van der Waals surface area (Å²) in [5.74, 6) is 0.619. The second kappa shape index (κ2) is 13.9. The van der Waals surface area contributed by atoms with Crippen LogP contribution in [0.4, 0.5) is 5.69 Å². The van der Waals surface area contributed by atoms with Crippen LogP contribution in [0.2, 0.25) is 0 Å². The number of para-hydroxylation sites is 1. The van der Waals surface area contributed by atoms with Crippen LogP contribution in [0.15, 0.2) is 91.0 Å². The van der Waals surface area contributed by atoms with Gasteiger partial charge in [-0.1, -0.05) is 124 Å². The molecule has 0 bridgehead atoms. The third kappa shape index (κ3) is 6.44. The van der Waals surface area contributed by atoms with Gasteiger partial charge in [-0.2, -0.15) is 0 Å². The number of carbonyl (C=O) groups is 1. The summed E-state index contributed by atoms with van der Waals surface area (Å²) >= 11 is 0. The monoisotopic (exact) mass is 563 g/mol. The lowest BCUT2D eigenvalue weighted by Crippen LogP contribution is -2.58. The Morgan fingerprint density at radius 1 is 0.667 bits per heavy atom. The quantitative estimate of drug-likeness (QED) is 0.290. The molecule has 2 heterocycles. The third-order valence-corrected chi connectivity index (χ3v) is 10.4. The lowest BCUT2D eigenvalue weighted by molar-refractivity contribution is -0.133. The van der Waals surface area contributed by atoms with E-state index in [0.717, 1.165) is 38.9 Å². The smallest absolute Gasteiger partial charge is 0.250 e. The lowest BCUT2D eigenvalue weighted by Gasteiger charge is -2.45. The number of likely N-dealkylation sites (tertiary alicyclic amines) is 1. The van der Waals surface area contributed by atoms with Gasteiger partial charge in [0.25, 0.3) is 0 Å². The second-order valence-corrected chi connectivity index (χ2v) is 12.9. The average molecular weight is 564 g/mol. The Balaban J connectivity index is 1.19. The maximum Gasteiger partial charge on any atom is 0.250 e. The fourth-order valence-electron chi connectivity index (χ4n) is 7.97. The minimum Gasteiger partial charge on any atom is -0.339 e. The van der Waals surface area contributed by atoms with Crippen molar-refractivity contribution in [3.63, 3.8) is 0 Å². The Kier molecular flexibility index (Phi) is 9.60. The van der Waals surface area contributed by atoms with E-state index in [-0.39, 0.29) is 5.92 Å². The van der Waals surface area contributed by atoms with E-state index in [1.807, 2.05) is 0 Å². The molecule has 42 heavy (non-hydrogen) atoms. The number of hydrogen-bond acceptors (Lipinski definition) is 3. The van der Waals surface area contributed by atoms with E-state index in [4.69, 9.17) is 0 Å². The molecular formula is C38H49N3O. The third-order valence-electron chi connectivity index (χ3n) is 10.4. The summed E-state index contributed by atoms with van der Waals surface area (Å²) in [6.07, 6.45) is 15.2. The van der Waals surface area contributed by atoms with E-state index in [1.54, 1.807) is 0 Å². The molecule has 0 radical (unpaired) electrons. The highest BCUT2D eigenvalue weighted by molar-refractivity contribution is 5.93. The largest absolute Gasteiger partial charge is 0.339 e. The van der Waals surface area contributed by atoms with Crippen molar-refractivity contribution >= 4 is 11.6 Å². The molecule has 4 nitrogen and oxygen atoms in total. The van der Waals surface area contributed by atoms with Crippen LogP contribution in [0.3, 0.4) is 0 Å². The molecule has 0 unspecified atom stereocenters. The molecule has 6 rings (SSSR count). The molecule has 1 aliphatic carbocycles. The summed E-state index contributed by atoms with van der Waals surface area (Å²) < 4.78 is 0. The number of anilines is 1. The van der Waals surface area contributed by atoms with Gasteiger partial charge in [0, 0.05) is 37.3 Å². The number of amides is 1. The highest BCUT2D eigenvalue weighted by atomic mass is 16.2. The Labute approximate surface area is 253 Å². The van der Waals surface area contributed by atoms with Gasteiger partial charge in [-0.15, -0.1) is 0 Å². The van der Waals surface area contributed by atoms with E-state index < -0.39 is 5.54 Å². The standard InChI is InChI=1S/C38H49N3O/c42-37-38(26-29-39(30-27-38)34-21-13-4-2-1-3-5-14-22-34)41(35-23-15-8-16-24-35)31-40(37)28-25-36(32-17-9-6-10-18-32)33-19-11-7-12-20-33/h6-12,15-20,23-24,34,36H,1-5,13-14,21-22,25-31H2. The van der Waals surface area contributed by atoms with Crippen molar-refractivity contribution in [3.8, 4) is 0 Å². The summed E-state index contributed by atoms with van der Waals surface area (Å²) in [6, 6.07) is 33.0. The normalized spacial score (nSPS) is 20.8. The van der Waals surface area contributed by atoms with Crippen molar-refractivity contribution in [3.05, 3.63) is 102 Å². The lowest BCUT2D eigenvalue weighted by atomic mass is 9.83. The molecule has 3 aromatic rings. The summed E-state index contributed by atoms with van der Waals surface area (Å²) in [5, 5.41) is 0. The number of hydrogen-bond donors (Lipinski definition) is 0. The van der Waals surface area contributed by atoms with Gasteiger partial charge in [-0.25, -0.2) is 0 Å². The highest BCUT2D eigenvalue weighted by Gasteiger charge is 2.54. The number of piperidine rings is 1. The van der Waals surface area contributed by atoms with Gasteiger partial charge in [-0.3, -0.25) is 4.79 Å². The molecule has 4 heteroatoms. The molecule has 0 atom stereocenters. The van der Waals surface area contributed by atoms with Gasteiger partial charge in [-0.05, 0) is 55.4 Å². The van der Waals surface area contributed by atoms with Gasteiger partial charge in [0.05, 0.1) is 6.67 Å². The molecular weight excluding hydrogens is 514 g/mol. The Hall–Kier alpha value is -3.11. The van der Waals surface area contributed by atoms with E-state index >= 15 is 0 Å². The number of rotatable bonds is 7. The van der Waals surface area contributed by atoms with Crippen LogP contribution in [0.5, 0.6) is 0 Å². The molecule has 2 aliphatic heterocycles. The van der Waals surface area contributed by atoms with Crippen molar-refractivity contribution < 1.29 is 4.79 Å². The zero-order valence-electron chi connectivity index (χ0n) is 25.4. The van der Waals surface area contributed by atoms with E-state index in [1.165, 1.54) is 74.6 Å². The fourth-order valence-corrected chi connectivity index (χ4v) is 7.97. The van der Waals surface area contributed by atoms with Crippen molar-refractivity contribution in [2.24, 2.45) is 0 Å². The first-order valence-electron chi connectivity index (χ1n) is 16.7. The first-order chi connectivity index (χ1) is 20.7. The molecule has 3 aromatic carbocycles. The summed E-state index contributed by atoms with van der Waals surface area (Å²) in [7, 11) is 0. The zero-order chi connectivity index (χ0) is 28.6. The van der Waals surface area contributed by atoms with Crippen LogP contribution >= 0.6 is 0 Å². The van der Waals surface area contributed by atoms with Crippen molar-refractivity contribution in [2.75, 3.05) is 31.2 Å². The van der Waals surface area contributed by atoms with Gasteiger partial charge in [0.15, 0.2) is 0 Å². The maximum absolute atomic E-state index is 14.5. The van der Waals surface area contributed by atoms with Crippen LogP contribution in [0.25, 0.3) is 0 Å². The van der Waals surface area contributed by atoms with Crippen LogP contribution in [-0.4, -0.2) is 53.6 Å². The molecule has 1 amide bonds. The number of benzene rings is 3. The SMILES string of the molecule is O=C1N(CCC(c2ccccc2)c2ccccc2)CN(c2ccccc2)C12CCN(C1CCCCCCCCC1)CC2. The predicted octanol–water partition coefficient (Wildman–Crippen LogP) is 8.24. The molecule has 222 valence electrons. The molecule has 1 spiro atoms. The van der Waals surface area contributed by atoms with Crippen molar-refractivity contribution in [1.29, 1.82) is 0 Å². The topological polar surface area (TPSA) is 26.8 Å². The average Bonchev–Trinajstić information content (AvgIpc) is 3.32. The van der Waals surface area contributed by atoms with Crippen molar-refractivity contribution in [1.82, 2.24) is 9.80 Å². The van der Waals surface area contributed by atoms with Crippen molar-refractivity contribution in [2.45, 2.75) is 94.5 Å².